The van der Waals surface area contributed by atoms with E-state index in [-0.39, 0.29) is 25.2 Å². The molecule has 0 spiro atoms. The summed E-state index contributed by atoms with van der Waals surface area (Å²) >= 11 is 0. The summed E-state index contributed by atoms with van der Waals surface area (Å²) in [7, 11) is 0. The average molecular weight is 647 g/mol. The Morgan fingerprint density at radius 3 is 1.91 bits per heavy atom. The van der Waals surface area contributed by atoms with E-state index in [9.17, 15) is 14.7 Å². The molecule has 0 aromatic carbocycles. The van der Waals surface area contributed by atoms with Gasteiger partial charge in [0.2, 0.25) is 0 Å². The number of hydrogen-bond donors (Lipinski definition) is 1. The van der Waals surface area contributed by atoms with Crippen molar-refractivity contribution in [3.05, 3.63) is 36.5 Å². The van der Waals surface area contributed by atoms with Crippen molar-refractivity contribution in [1.29, 1.82) is 0 Å². The molecule has 0 aliphatic carbocycles. The molecule has 266 valence electrons. The minimum absolute atomic E-state index is 0.0961. The molecule has 46 heavy (non-hydrogen) atoms. The molecule has 1 heterocycles. The van der Waals surface area contributed by atoms with Crippen molar-refractivity contribution in [2.24, 2.45) is 5.92 Å². The molecule has 1 aliphatic heterocycles. The van der Waals surface area contributed by atoms with Crippen molar-refractivity contribution < 1.29 is 28.9 Å². The first kappa shape index (κ1) is 42.1. The number of epoxide rings is 1. The van der Waals surface area contributed by atoms with Crippen molar-refractivity contribution in [2.75, 3.05) is 13.2 Å². The molecule has 2 unspecified atom stereocenters. The summed E-state index contributed by atoms with van der Waals surface area (Å²) in [5, 5.41) is 9.53. The summed E-state index contributed by atoms with van der Waals surface area (Å²) in [5.74, 6) is 0.168. The molecule has 6 heteroatoms. The monoisotopic (exact) mass is 647 g/mol. The Bertz CT molecular complexity index is 817. The van der Waals surface area contributed by atoms with Crippen LogP contribution in [0.25, 0.3) is 0 Å². The van der Waals surface area contributed by atoms with Crippen molar-refractivity contribution in [3.63, 3.8) is 0 Å². The highest BCUT2D eigenvalue weighted by Crippen LogP contribution is 2.30. The number of ether oxygens (including phenoxy) is 3. The lowest BCUT2D eigenvalue weighted by Gasteiger charge is -2.15. The first-order chi connectivity index (χ1) is 22.5. The van der Waals surface area contributed by atoms with Gasteiger partial charge in [0.1, 0.15) is 6.61 Å². The van der Waals surface area contributed by atoms with Crippen molar-refractivity contribution in [1.82, 2.24) is 0 Å². The van der Waals surface area contributed by atoms with E-state index in [0.29, 0.717) is 31.5 Å². The maximum absolute atomic E-state index is 12.1. The Morgan fingerprint density at radius 1 is 0.696 bits per heavy atom. The summed E-state index contributed by atoms with van der Waals surface area (Å²) in [6.45, 7) is 6.38. The van der Waals surface area contributed by atoms with Crippen LogP contribution in [0, 0.1) is 5.92 Å². The molecule has 0 aromatic heterocycles. The molecule has 3 atom stereocenters. The fourth-order valence-electron chi connectivity index (χ4n) is 5.53. The first-order valence-electron chi connectivity index (χ1n) is 19.0. The third kappa shape index (κ3) is 27.2. The number of aliphatic hydroxyl groups excluding tert-OH is 1. The summed E-state index contributed by atoms with van der Waals surface area (Å²) in [5.41, 5.74) is 0. The fraction of sp³-hybridized carbons (Fsp3) is 0.800. The lowest BCUT2D eigenvalue weighted by atomic mass is 10.0. The van der Waals surface area contributed by atoms with Gasteiger partial charge in [-0.3, -0.25) is 9.59 Å². The maximum Gasteiger partial charge on any atom is 0.306 e. The third-order valence-electron chi connectivity index (χ3n) is 8.54. The van der Waals surface area contributed by atoms with Crippen LogP contribution in [0.2, 0.25) is 0 Å². The summed E-state index contributed by atoms with van der Waals surface area (Å²) < 4.78 is 16.3. The van der Waals surface area contributed by atoms with E-state index < -0.39 is 6.10 Å². The summed E-state index contributed by atoms with van der Waals surface area (Å²) in [6.07, 6.45) is 38.1. The van der Waals surface area contributed by atoms with Gasteiger partial charge in [0.05, 0.1) is 18.8 Å². The van der Waals surface area contributed by atoms with Gasteiger partial charge < -0.3 is 19.3 Å². The molecule has 0 bridgehead atoms. The molecule has 0 saturated carbocycles. The molecule has 0 radical (unpaired) electrons. The summed E-state index contributed by atoms with van der Waals surface area (Å²) in [4.78, 5) is 24.2. The predicted molar refractivity (Wildman–Crippen MR) is 191 cm³/mol. The van der Waals surface area contributed by atoms with Crippen LogP contribution in [0.15, 0.2) is 36.5 Å². The smallest absolute Gasteiger partial charge is 0.306 e. The van der Waals surface area contributed by atoms with Gasteiger partial charge in [-0.15, -0.1) is 0 Å². The fourth-order valence-corrected chi connectivity index (χ4v) is 5.53. The summed E-state index contributed by atoms with van der Waals surface area (Å²) in [6, 6.07) is 0. The Hall–Kier alpha value is -1.92. The van der Waals surface area contributed by atoms with Crippen LogP contribution in [0.3, 0.4) is 0 Å². The molecule has 1 N–H and O–H groups in total. The Labute approximate surface area is 282 Å². The van der Waals surface area contributed by atoms with Gasteiger partial charge in [0.15, 0.2) is 6.10 Å². The van der Waals surface area contributed by atoms with Gasteiger partial charge in [-0.05, 0) is 50.9 Å². The molecular formula is C40H70O6. The van der Waals surface area contributed by atoms with E-state index >= 15 is 0 Å². The molecule has 0 amide bonds. The highest BCUT2D eigenvalue weighted by Gasteiger charge is 2.36. The number of esters is 2. The van der Waals surface area contributed by atoms with E-state index in [0.717, 1.165) is 50.9 Å². The molecule has 0 aromatic rings. The second kappa shape index (κ2) is 30.4. The Kier molecular flexibility index (Phi) is 27.8. The molecule has 1 saturated heterocycles. The second-order valence-corrected chi connectivity index (χ2v) is 13.5. The largest absolute Gasteiger partial charge is 0.462 e. The number of unbranched alkanes of at least 4 members (excludes halogenated alkanes) is 13. The third-order valence-corrected chi connectivity index (χ3v) is 8.54. The van der Waals surface area contributed by atoms with E-state index in [1.165, 1.54) is 83.5 Å². The van der Waals surface area contributed by atoms with Crippen LogP contribution in [-0.2, 0) is 23.8 Å². The van der Waals surface area contributed by atoms with Crippen LogP contribution < -0.4 is 0 Å². The quantitative estimate of drug-likeness (QED) is 0.0339. The van der Waals surface area contributed by atoms with Crippen molar-refractivity contribution in [3.8, 4) is 0 Å². The number of carbonyl (C=O) groups is 2. The van der Waals surface area contributed by atoms with Gasteiger partial charge in [-0.2, -0.15) is 0 Å². The normalized spacial score (nSPS) is 17.1. The highest BCUT2D eigenvalue weighted by molar-refractivity contribution is 5.70. The van der Waals surface area contributed by atoms with E-state index in [1.54, 1.807) is 0 Å². The predicted octanol–water partition coefficient (Wildman–Crippen LogP) is 10.5. The standard InChI is InChI=1S/C40H70O6/c1-4-5-23-29-37-38(46-37)30-25-20-16-12-9-10-13-17-21-26-31-39(42)44-34-36(33-41)45-40(43)32-27-22-18-14-8-6-7-11-15-19-24-28-35(2)3/h9,12-13,17,20,25,35-38,41H,4-8,10-11,14-16,18-19,21-24,26-34H2,1-3H3/b12-9-,17-13-,25-20-/t36-,37?,38?/m0/s1. The molecule has 1 aliphatic rings. The number of hydrogen-bond acceptors (Lipinski definition) is 6. The van der Waals surface area contributed by atoms with Crippen molar-refractivity contribution in [2.45, 2.75) is 187 Å². The van der Waals surface area contributed by atoms with Crippen LogP contribution in [-0.4, -0.2) is 48.6 Å². The first-order valence-corrected chi connectivity index (χ1v) is 19.0. The lowest BCUT2D eigenvalue weighted by molar-refractivity contribution is -0.161. The van der Waals surface area contributed by atoms with Crippen LogP contribution in [0.1, 0.15) is 168 Å². The van der Waals surface area contributed by atoms with E-state index in [4.69, 9.17) is 14.2 Å². The van der Waals surface area contributed by atoms with E-state index in [1.807, 2.05) is 0 Å². The zero-order valence-corrected chi connectivity index (χ0v) is 29.9. The van der Waals surface area contributed by atoms with Crippen LogP contribution >= 0.6 is 0 Å². The van der Waals surface area contributed by atoms with Gasteiger partial charge in [-0.25, -0.2) is 0 Å². The second-order valence-electron chi connectivity index (χ2n) is 13.5. The molecule has 6 nitrogen and oxygen atoms in total. The van der Waals surface area contributed by atoms with Gasteiger partial charge in [0.25, 0.3) is 0 Å². The minimum Gasteiger partial charge on any atom is -0.462 e. The zero-order chi connectivity index (χ0) is 33.5. The SMILES string of the molecule is CCCCCC1OC1C/C=C\C/C=C\C/C=C\CCCC(=O)OC[C@H](CO)OC(=O)CCCCCCCCCCCCCC(C)C. The maximum atomic E-state index is 12.1. The van der Waals surface area contributed by atoms with Crippen LogP contribution in [0.4, 0.5) is 0 Å². The zero-order valence-electron chi connectivity index (χ0n) is 29.9. The number of aliphatic hydroxyl groups is 1. The van der Waals surface area contributed by atoms with E-state index in [2.05, 4.69) is 57.2 Å². The van der Waals surface area contributed by atoms with Crippen LogP contribution in [0.5, 0.6) is 0 Å². The van der Waals surface area contributed by atoms with Crippen molar-refractivity contribution >= 4 is 11.9 Å². The highest BCUT2D eigenvalue weighted by atomic mass is 16.6. The molecule has 1 fully saturated rings. The number of allylic oxidation sites excluding steroid dienone is 5. The topological polar surface area (TPSA) is 85.4 Å². The molecular weight excluding hydrogens is 576 g/mol. The molecule has 1 rings (SSSR count). The average Bonchev–Trinajstić information content (AvgIpc) is 3.79. The minimum atomic E-state index is -0.794. The lowest BCUT2D eigenvalue weighted by Crippen LogP contribution is -2.28. The number of carbonyl (C=O) groups excluding carboxylic acids is 2. The van der Waals surface area contributed by atoms with Gasteiger partial charge >= 0.3 is 11.9 Å². The number of rotatable bonds is 32. The Balaban J connectivity index is 1.93. The van der Waals surface area contributed by atoms with Gasteiger partial charge in [-0.1, -0.05) is 147 Å². The van der Waals surface area contributed by atoms with Gasteiger partial charge in [0, 0.05) is 12.8 Å². The Morgan fingerprint density at radius 2 is 1.28 bits per heavy atom.